The largest absolute Gasteiger partial charge is 0.346 e. The Kier molecular flexibility index (Phi) is 5.32. The molecule has 2 amide bonds. The highest BCUT2D eigenvalue weighted by Crippen LogP contribution is 2.39. The van der Waals surface area contributed by atoms with Crippen molar-refractivity contribution in [2.75, 3.05) is 40.3 Å². The topological polar surface area (TPSA) is 69.6 Å². The number of aromatic nitrogens is 2. The third-order valence-corrected chi connectivity index (χ3v) is 5.24. The highest BCUT2D eigenvalue weighted by molar-refractivity contribution is 5.93. The summed E-state index contributed by atoms with van der Waals surface area (Å²) in [6.45, 7) is 2.88. The molecule has 0 spiro atoms. The molecular weight excluding hydrogens is 318 g/mol. The van der Waals surface area contributed by atoms with Gasteiger partial charge in [-0.05, 0) is 38.8 Å². The molecule has 7 nitrogen and oxygen atoms in total. The number of amides is 2. The van der Waals surface area contributed by atoms with Gasteiger partial charge < -0.3 is 9.80 Å². The molecule has 0 radical (unpaired) electrons. The first-order valence-electron chi connectivity index (χ1n) is 9.07. The first-order chi connectivity index (χ1) is 12.1. The average molecular weight is 345 g/mol. The van der Waals surface area contributed by atoms with Gasteiger partial charge in [0.25, 0.3) is 5.91 Å². The van der Waals surface area contributed by atoms with Crippen LogP contribution in [0.3, 0.4) is 0 Å². The van der Waals surface area contributed by atoms with Crippen LogP contribution in [0, 0.1) is 0 Å². The fourth-order valence-electron chi connectivity index (χ4n) is 4.03. The van der Waals surface area contributed by atoms with Crippen LogP contribution in [0.5, 0.6) is 0 Å². The van der Waals surface area contributed by atoms with Crippen molar-refractivity contribution < 1.29 is 9.59 Å². The first-order valence-corrected chi connectivity index (χ1v) is 9.07. The summed E-state index contributed by atoms with van der Waals surface area (Å²) in [7, 11) is 3.46. The Hall–Kier alpha value is -2.02. The minimum atomic E-state index is -1.02. The maximum atomic E-state index is 13.1. The third-order valence-electron chi connectivity index (χ3n) is 5.24. The quantitative estimate of drug-likeness (QED) is 0.810. The summed E-state index contributed by atoms with van der Waals surface area (Å²) in [5.41, 5.74) is -0.455. The van der Waals surface area contributed by atoms with E-state index in [0.29, 0.717) is 25.2 Å². The molecule has 1 aromatic rings. The normalized spacial score (nSPS) is 24.3. The van der Waals surface area contributed by atoms with Crippen molar-refractivity contribution in [2.45, 2.75) is 37.6 Å². The van der Waals surface area contributed by atoms with E-state index in [-0.39, 0.29) is 11.8 Å². The maximum Gasteiger partial charge on any atom is 0.254 e. The lowest BCUT2D eigenvalue weighted by molar-refractivity contribution is -0.151. The van der Waals surface area contributed by atoms with Crippen molar-refractivity contribution in [1.82, 2.24) is 24.7 Å². The lowest BCUT2D eigenvalue weighted by Crippen LogP contribution is -2.57. The summed E-state index contributed by atoms with van der Waals surface area (Å²) in [6, 6.07) is 0. The third kappa shape index (κ3) is 3.38. The van der Waals surface area contributed by atoms with Crippen LogP contribution in [0.25, 0.3) is 0 Å². The Balaban J connectivity index is 1.90. The number of nitrogens with zero attached hydrogens (tertiary/aromatic N) is 5. The van der Waals surface area contributed by atoms with Crippen LogP contribution in [-0.2, 0) is 15.1 Å². The summed E-state index contributed by atoms with van der Waals surface area (Å²) >= 11 is 0. The molecule has 2 fully saturated rings. The van der Waals surface area contributed by atoms with E-state index < -0.39 is 5.54 Å². The Morgan fingerprint density at radius 3 is 2.52 bits per heavy atom. The van der Waals surface area contributed by atoms with Crippen molar-refractivity contribution in [2.24, 2.45) is 0 Å². The molecule has 0 aliphatic carbocycles. The Morgan fingerprint density at radius 2 is 1.88 bits per heavy atom. The number of rotatable bonds is 4. The minimum absolute atomic E-state index is 0.0141. The summed E-state index contributed by atoms with van der Waals surface area (Å²) < 4.78 is 0. The Morgan fingerprint density at radius 1 is 1.12 bits per heavy atom. The molecule has 2 aliphatic heterocycles. The second-order valence-corrected chi connectivity index (χ2v) is 7.14. The van der Waals surface area contributed by atoms with Gasteiger partial charge in [0.2, 0.25) is 5.91 Å². The summed E-state index contributed by atoms with van der Waals surface area (Å²) in [5, 5.41) is 0. The second-order valence-electron chi connectivity index (χ2n) is 7.14. The second kappa shape index (κ2) is 7.47. The van der Waals surface area contributed by atoms with Crippen molar-refractivity contribution in [3.63, 3.8) is 0 Å². The van der Waals surface area contributed by atoms with Gasteiger partial charge in [-0.1, -0.05) is 6.42 Å². The molecule has 25 heavy (non-hydrogen) atoms. The van der Waals surface area contributed by atoms with Crippen molar-refractivity contribution in [3.8, 4) is 0 Å². The van der Waals surface area contributed by atoms with Crippen LogP contribution in [-0.4, -0.2) is 76.8 Å². The number of likely N-dealkylation sites (N-methyl/N-ethyl adjacent to an activating group) is 1. The van der Waals surface area contributed by atoms with E-state index in [2.05, 4.69) is 14.9 Å². The molecule has 0 N–H and O–H groups in total. The van der Waals surface area contributed by atoms with Crippen LogP contribution >= 0.6 is 0 Å². The molecule has 3 heterocycles. The molecule has 2 saturated heterocycles. The standard InChI is InChI=1S/C18H27N5O2/c1-21(2)17(25)18(15-13-19-8-9-20-15)7-6-12-23(18)16(24)14-22-10-4-3-5-11-22/h8-9,13H,3-7,10-12,14H2,1-2H3/t18-/m1/s1. The van der Waals surface area contributed by atoms with E-state index in [9.17, 15) is 9.59 Å². The molecule has 1 aromatic heterocycles. The van der Waals surface area contributed by atoms with E-state index in [1.165, 1.54) is 6.42 Å². The summed E-state index contributed by atoms with van der Waals surface area (Å²) in [4.78, 5) is 40.3. The molecule has 2 aliphatic rings. The highest BCUT2D eigenvalue weighted by Gasteiger charge is 2.53. The zero-order valence-corrected chi connectivity index (χ0v) is 15.1. The van der Waals surface area contributed by atoms with Gasteiger partial charge in [-0.25, -0.2) is 0 Å². The van der Waals surface area contributed by atoms with E-state index in [0.717, 1.165) is 32.4 Å². The lowest BCUT2D eigenvalue weighted by atomic mass is 9.90. The molecule has 0 aromatic carbocycles. The Bertz CT molecular complexity index is 615. The number of piperidine rings is 1. The zero-order chi connectivity index (χ0) is 17.9. The highest BCUT2D eigenvalue weighted by atomic mass is 16.2. The van der Waals surface area contributed by atoms with Gasteiger partial charge in [-0.3, -0.25) is 24.5 Å². The van der Waals surface area contributed by atoms with Gasteiger partial charge in [-0.2, -0.15) is 0 Å². The SMILES string of the molecule is CN(C)C(=O)[C@]1(c2cnccn2)CCCN1C(=O)CN1CCCCC1. The van der Waals surface area contributed by atoms with Crippen molar-refractivity contribution >= 4 is 11.8 Å². The number of hydrogen-bond donors (Lipinski definition) is 0. The van der Waals surface area contributed by atoms with Crippen LogP contribution in [0.15, 0.2) is 18.6 Å². The first kappa shape index (κ1) is 17.8. The van der Waals surface area contributed by atoms with Crippen LogP contribution in [0.1, 0.15) is 37.8 Å². The van der Waals surface area contributed by atoms with Gasteiger partial charge in [0.1, 0.15) is 0 Å². The number of likely N-dealkylation sites (tertiary alicyclic amines) is 2. The van der Waals surface area contributed by atoms with E-state index in [4.69, 9.17) is 0 Å². The van der Waals surface area contributed by atoms with E-state index in [1.54, 1.807) is 42.5 Å². The van der Waals surface area contributed by atoms with Gasteiger partial charge in [0.05, 0.1) is 18.4 Å². The fraction of sp³-hybridized carbons (Fsp3) is 0.667. The number of carbonyl (C=O) groups excluding carboxylic acids is 2. The molecule has 3 rings (SSSR count). The van der Waals surface area contributed by atoms with E-state index >= 15 is 0 Å². The lowest BCUT2D eigenvalue weighted by Gasteiger charge is -2.39. The number of hydrogen-bond acceptors (Lipinski definition) is 5. The molecule has 0 unspecified atom stereocenters. The smallest absolute Gasteiger partial charge is 0.254 e. The van der Waals surface area contributed by atoms with Gasteiger partial charge in [0, 0.05) is 33.0 Å². The predicted molar refractivity (Wildman–Crippen MR) is 93.6 cm³/mol. The monoisotopic (exact) mass is 345 g/mol. The molecular formula is C18H27N5O2. The Labute approximate surface area is 149 Å². The van der Waals surface area contributed by atoms with Gasteiger partial charge in [0.15, 0.2) is 5.54 Å². The molecule has 1 atom stereocenters. The molecule has 0 bridgehead atoms. The van der Waals surface area contributed by atoms with E-state index in [1.807, 2.05) is 0 Å². The number of carbonyl (C=O) groups is 2. The van der Waals surface area contributed by atoms with Gasteiger partial charge >= 0.3 is 0 Å². The zero-order valence-electron chi connectivity index (χ0n) is 15.1. The molecule has 136 valence electrons. The van der Waals surface area contributed by atoms with Crippen LogP contribution in [0.4, 0.5) is 0 Å². The average Bonchev–Trinajstić information content (AvgIpc) is 3.08. The van der Waals surface area contributed by atoms with Crippen LogP contribution in [0.2, 0.25) is 0 Å². The minimum Gasteiger partial charge on any atom is -0.346 e. The fourth-order valence-corrected chi connectivity index (χ4v) is 4.03. The molecule has 0 saturated carbocycles. The maximum absolute atomic E-state index is 13.1. The van der Waals surface area contributed by atoms with Gasteiger partial charge in [-0.15, -0.1) is 0 Å². The van der Waals surface area contributed by atoms with Crippen molar-refractivity contribution in [3.05, 3.63) is 24.3 Å². The predicted octanol–water partition coefficient (Wildman–Crippen LogP) is 0.868. The molecule has 7 heteroatoms. The summed E-state index contributed by atoms with van der Waals surface area (Å²) in [6.07, 6.45) is 9.69. The van der Waals surface area contributed by atoms with Crippen LogP contribution < -0.4 is 0 Å². The summed E-state index contributed by atoms with van der Waals surface area (Å²) in [5.74, 6) is -0.0854. The van der Waals surface area contributed by atoms with Crippen molar-refractivity contribution in [1.29, 1.82) is 0 Å².